The third-order valence-electron chi connectivity index (χ3n) is 4.10. The van der Waals surface area contributed by atoms with Gasteiger partial charge in [-0.15, -0.1) is 0 Å². The zero-order valence-corrected chi connectivity index (χ0v) is 14.4. The maximum Gasteiger partial charge on any atom is 0.311 e. The van der Waals surface area contributed by atoms with E-state index in [9.17, 15) is 4.79 Å². The molecule has 0 radical (unpaired) electrons. The summed E-state index contributed by atoms with van der Waals surface area (Å²) in [5.74, 6) is -0.816. The second-order valence-electron chi connectivity index (χ2n) is 6.04. The molecule has 120 valence electrons. The summed E-state index contributed by atoms with van der Waals surface area (Å²) in [5, 5.41) is 9.16. The zero-order valence-electron chi connectivity index (χ0n) is 12.9. The Morgan fingerprint density at radius 3 is 2.57 bits per heavy atom. The number of allylic oxidation sites excluding steroid dienone is 1. The summed E-state index contributed by atoms with van der Waals surface area (Å²) in [4.78, 5) is 12.3. The van der Waals surface area contributed by atoms with Crippen molar-refractivity contribution in [2.75, 3.05) is 0 Å². The van der Waals surface area contributed by atoms with Crippen LogP contribution in [0.5, 0.6) is 0 Å². The summed E-state index contributed by atoms with van der Waals surface area (Å²) in [6.45, 7) is 3.88. The summed E-state index contributed by atoms with van der Waals surface area (Å²) in [6.07, 6.45) is 4.06. The van der Waals surface area contributed by atoms with Crippen LogP contribution < -0.4 is 0 Å². The highest BCUT2D eigenvalue weighted by atomic mass is 35.5. The minimum absolute atomic E-state index is 0.0718. The maximum absolute atomic E-state index is 12.3. The second kappa shape index (κ2) is 7.21. The first-order chi connectivity index (χ1) is 10.9. The molecule has 5 heteroatoms. The van der Waals surface area contributed by atoms with Gasteiger partial charge in [0, 0.05) is 0 Å². The number of carbonyl (C=O) groups is 1. The number of hydrogen-bond donors (Lipinski definition) is 0. The number of ether oxygens (including phenoxy) is 1. The van der Waals surface area contributed by atoms with Gasteiger partial charge in [0.25, 0.3) is 0 Å². The number of nitrogens with zero attached hydrogens (tertiary/aromatic N) is 1. The average molecular weight is 350 g/mol. The summed E-state index contributed by atoms with van der Waals surface area (Å²) >= 11 is 11.3. The third-order valence-corrected chi connectivity index (χ3v) is 4.36. The van der Waals surface area contributed by atoms with Crippen LogP contribution >= 0.6 is 23.2 Å². The lowest BCUT2D eigenvalue weighted by Crippen LogP contribution is -2.17. The van der Waals surface area contributed by atoms with E-state index in [1.54, 1.807) is 18.2 Å². The minimum Gasteiger partial charge on any atom is -0.442 e. The minimum atomic E-state index is -0.921. The number of carbonyl (C=O) groups excluding carboxylic acids is 1. The lowest BCUT2D eigenvalue weighted by atomic mass is 10.1. The van der Waals surface area contributed by atoms with Gasteiger partial charge in [-0.1, -0.05) is 73.5 Å². The van der Waals surface area contributed by atoms with Gasteiger partial charge in [-0.2, -0.15) is 5.26 Å². The molecule has 1 fully saturated rings. The summed E-state index contributed by atoms with van der Waals surface area (Å²) in [5.41, 5.74) is 0.667. The number of esters is 1. The fourth-order valence-electron chi connectivity index (χ4n) is 2.64. The first kappa shape index (κ1) is 17.6. The molecule has 0 amide bonds. The normalized spacial score (nSPS) is 22.9. The monoisotopic (exact) mass is 349 g/mol. The van der Waals surface area contributed by atoms with Crippen molar-refractivity contribution in [3.05, 3.63) is 52.5 Å². The van der Waals surface area contributed by atoms with Crippen molar-refractivity contribution in [2.24, 2.45) is 17.3 Å². The molecule has 1 aromatic rings. The Balaban J connectivity index is 2.00. The van der Waals surface area contributed by atoms with Gasteiger partial charge in [0.1, 0.15) is 10.6 Å². The van der Waals surface area contributed by atoms with E-state index in [0.717, 1.165) is 5.56 Å². The highest BCUT2D eigenvalue weighted by Crippen LogP contribution is 2.60. The molecule has 0 heterocycles. The van der Waals surface area contributed by atoms with Crippen LogP contribution in [0.4, 0.5) is 0 Å². The fraction of sp³-hybridized carbons (Fsp3) is 0.333. The van der Waals surface area contributed by atoms with E-state index in [4.69, 9.17) is 33.2 Å². The lowest BCUT2D eigenvalue weighted by Gasteiger charge is -2.08. The summed E-state index contributed by atoms with van der Waals surface area (Å²) in [6, 6.07) is 11.5. The van der Waals surface area contributed by atoms with Crippen molar-refractivity contribution in [1.29, 1.82) is 5.26 Å². The molecule has 0 saturated heterocycles. The van der Waals surface area contributed by atoms with Gasteiger partial charge >= 0.3 is 5.97 Å². The van der Waals surface area contributed by atoms with Crippen molar-refractivity contribution in [1.82, 2.24) is 0 Å². The van der Waals surface area contributed by atoms with Crippen LogP contribution in [0.25, 0.3) is 6.08 Å². The predicted molar refractivity (Wildman–Crippen MR) is 91.5 cm³/mol. The van der Waals surface area contributed by atoms with E-state index < -0.39 is 12.1 Å². The average Bonchev–Trinajstić information content (AvgIpc) is 3.04. The SMILES string of the molecule is CC1(C)C(C=C(Cl)Cl)C1C(=O)OC(C#N)C=Cc1ccccc1. The van der Waals surface area contributed by atoms with E-state index in [1.165, 1.54) is 0 Å². The molecule has 0 spiro atoms. The highest BCUT2D eigenvalue weighted by molar-refractivity contribution is 6.55. The fourth-order valence-corrected chi connectivity index (χ4v) is 2.92. The number of halogens is 2. The van der Waals surface area contributed by atoms with Crippen molar-refractivity contribution < 1.29 is 9.53 Å². The highest BCUT2D eigenvalue weighted by Gasteiger charge is 2.61. The molecule has 3 atom stereocenters. The van der Waals surface area contributed by atoms with Crippen LogP contribution in [-0.4, -0.2) is 12.1 Å². The number of benzene rings is 1. The van der Waals surface area contributed by atoms with E-state index in [1.807, 2.05) is 50.2 Å². The third kappa shape index (κ3) is 4.37. The van der Waals surface area contributed by atoms with E-state index >= 15 is 0 Å². The van der Waals surface area contributed by atoms with Gasteiger partial charge in [-0.05, 0) is 29.0 Å². The Labute approximate surface area is 146 Å². The number of rotatable bonds is 5. The summed E-state index contributed by atoms with van der Waals surface area (Å²) in [7, 11) is 0. The number of hydrogen-bond acceptors (Lipinski definition) is 3. The molecule has 23 heavy (non-hydrogen) atoms. The molecule has 0 aliphatic heterocycles. The maximum atomic E-state index is 12.3. The molecular formula is C18H17Cl2NO2. The Morgan fingerprint density at radius 2 is 2.00 bits per heavy atom. The largest absolute Gasteiger partial charge is 0.442 e. The van der Waals surface area contributed by atoms with Crippen LogP contribution in [0.3, 0.4) is 0 Å². The molecule has 1 saturated carbocycles. The van der Waals surface area contributed by atoms with Crippen molar-refractivity contribution in [3.63, 3.8) is 0 Å². The first-order valence-corrected chi connectivity index (χ1v) is 7.98. The predicted octanol–water partition coefficient (Wildman–Crippen LogP) is 4.73. The smallest absolute Gasteiger partial charge is 0.311 e. The Morgan fingerprint density at radius 1 is 1.35 bits per heavy atom. The Kier molecular flexibility index (Phi) is 5.51. The van der Waals surface area contributed by atoms with Gasteiger partial charge in [0.05, 0.1) is 5.92 Å². The van der Waals surface area contributed by atoms with E-state index in [2.05, 4.69) is 0 Å². The summed E-state index contributed by atoms with van der Waals surface area (Å²) < 4.78 is 5.43. The van der Waals surface area contributed by atoms with Gasteiger partial charge in [-0.3, -0.25) is 4.79 Å². The number of nitriles is 1. The molecule has 1 aliphatic rings. The van der Waals surface area contributed by atoms with Crippen molar-refractivity contribution >= 4 is 35.2 Å². The molecule has 3 unspecified atom stereocenters. The lowest BCUT2D eigenvalue weighted by molar-refractivity contribution is -0.147. The van der Waals surface area contributed by atoms with Crippen LogP contribution in [0.1, 0.15) is 19.4 Å². The van der Waals surface area contributed by atoms with E-state index in [0.29, 0.717) is 0 Å². The second-order valence-corrected chi connectivity index (χ2v) is 7.05. The standard InChI is InChI=1S/C18H17Cl2NO2/c1-18(2)14(10-15(19)20)16(18)17(22)23-13(11-21)9-8-12-6-4-3-5-7-12/h3-10,13-14,16H,1-2H3. The quantitative estimate of drug-likeness (QED) is 0.722. The topological polar surface area (TPSA) is 50.1 Å². The molecule has 1 aromatic carbocycles. The van der Waals surface area contributed by atoms with Gasteiger partial charge in [-0.25, -0.2) is 0 Å². The van der Waals surface area contributed by atoms with Crippen LogP contribution in [0.15, 0.2) is 47.0 Å². The first-order valence-electron chi connectivity index (χ1n) is 7.22. The van der Waals surface area contributed by atoms with E-state index in [-0.39, 0.29) is 21.7 Å². The zero-order chi connectivity index (χ0) is 17.0. The van der Waals surface area contributed by atoms with Crippen molar-refractivity contribution in [3.8, 4) is 6.07 Å². The molecule has 0 aromatic heterocycles. The van der Waals surface area contributed by atoms with Gasteiger partial charge < -0.3 is 4.74 Å². The molecule has 0 bridgehead atoms. The van der Waals surface area contributed by atoms with Gasteiger partial charge in [0.15, 0.2) is 0 Å². The van der Waals surface area contributed by atoms with Crippen LogP contribution in [0.2, 0.25) is 0 Å². The van der Waals surface area contributed by atoms with Crippen LogP contribution in [0, 0.1) is 28.6 Å². The van der Waals surface area contributed by atoms with Crippen molar-refractivity contribution in [2.45, 2.75) is 20.0 Å². The Hall–Kier alpha value is -1.76. The molecule has 1 aliphatic carbocycles. The van der Waals surface area contributed by atoms with Crippen LogP contribution in [-0.2, 0) is 9.53 Å². The molecule has 3 nitrogen and oxygen atoms in total. The Bertz CT molecular complexity index is 670. The molecule has 0 N–H and O–H groups in total. The van der Waals surface area contributed by atoms with Gasteiger partial charge in [0.2, 0.25) is 6.10 Å². The molecular weight excluding hydrogens is 333 g/mol. The molecule has 2 rings (SSSR count).